The Kier molecular flexibility index (Phi) is 9.16. The van der Waals surface area contributed by atoms with Crippen molar-refractivity contribution in [3.63, 3.8) is 0 Å². The van der Waals surface area contributed by atoms with E-state index in [9.17, 15) is 14.4 Å². The molecule has 0 spiro atoms. The van der Waals surface area contributed by atoms with Crippen LogP contribution in [0.1, 0.15) is 16.7 Å². The van der Waals surface area contributed by atoms with E-state index in [2.05, 4.69) is 5.32 Å². The first kappa shape index (κ1) is 28.1. The van der Waals surface area contributed by atoms with Crippen molar-refractivity contribution in [1.29, 1.82) is 0 Å². The molecular weight excluding hydrogens is 540 g/mol. The van der Waals surface area contributed by atoms with Crippen LogP contribution in [-0.2, 0) is 9.59 Å². The Morgan fingerprint density at radius 3 is 2.49 bits per heavy atom. The highest BCUT2D eigenvalue weighted by Gasteiger charge is 2.34. The Balaban J connectivity index is 1.35. The number of imide groups is 1. The maximum atomic E-state index is 12.8. The molecule has 0 saturated carbocycles. The number of halogens is 1. The van der Waals surface area contributed by atoms with Crippen LogP contribution in [0.2, 0.25) is 5.02 Å². The van der Waals surface area contributed by atoms with E-state index in [0.717, 1.165) is 33.5 Å². The number of anilines is 1. The van der Waals surface area contributed by atoms with E-state index in [-0.39, 0.29) is 35.8 Å². The summed E-state index contributed by atoms with van der Waals surface area (Å²) in [7, 11) is 1.48. The number of thioether (sulfide) groups is 1. The highest BCUT2D eigenvalue weighted by molar-refractivity contribution is 8.18. The molecule has 202 valence electrons. The molecule has 39 heavy (non-hydrogen) atoms. The highest BCUT2D eigenvalue weighted by atomic mass is 35.5. The molecule has 0 radical (unpaired) electrons. The van der Waals surface area contributed by atoms with Crippen molar-refractivity contribution in [1.82, 2.24) is 4.90 Å². The van der Waals surface area contributed by atoms with Gasteiger partial charge < -0.3 is 19.5 Å². The third kappa shape index (κ3) is 7.34. The zero-order valence-electron chi connectivity index (χ0n) is 21.7. The zero-order chi connectivity index (χ0) is 27.9. The van der Waals surface area contributed by atoms with Gasteiger partial charge in [-0.3, -0.25) is 19.3 Å². The molecule has 8 nitrogen and oxygen atoms in total. The van der Waals surface area contributed by atoms with Gasteiger partial charge in [-0.1, -0.05) is 35.4 Å². The number of hydrogen-bond donors (Lipinski definition) is 1. The standard InChI is InChI=1S/C29H27ClN2O6S/c1-18-4-10-23(19(2)14-18)31-27(33)17-38-24-11-5-20(15-25(24)36-3)16-26-28(34)32(29(35)39-26)12-13-37-22-8-6-21(30)7-9-22/h4-11,14-16H,12-13,17H2,1-3H3,(H,31,33)/b26-16-. The minimum atomic E-state index is -0.396. The van der Waals surface area contributed by atoms with Gasteiger partial charge >= 0.3 is 0 Å². The number of methoxy groups -OCH3 is 1. The predicted molar refractivity (Wildman–Crippen MR) is 153 cm³/mol. The number of hydrogen-bond acceptors (Lipinski definition) is 7. The van der Waals surface area contributed by atoms with E-state index in [4.69, 9.17) is 25.8 Å². The van der Waals surface area contributed by atoms with Gasteiger partial charge in [0.25, 0.3) is 17.1 Å². The van der Waals surface area contributed by atoms with E-state index in [0.29, 0.717) is 27.8 Å². The van der Waals surface area contributed by atoms with Crippen molar-refractivity contribution < 1.29 is 28.6 Å². The van der Waals surface area contributed by atoms with Gasteiger partial charge in [-0.25, -0.2) is 0 Å². The fourth-order valence-electron chi connectivity index (χ4n) is 3.81. The van der Waals surface area contributed by atoms with Gasteiger partial charge in [-0.2, -0.15) is 0 Å². The summed E-state index contributed by atoms with van der Waals surface area (Å²) in [6.45, 7) is 3.98. The van der Waals surface area contributed by atoms with Crippen LogP contribution in [0, 0.1) is 13.8 Å². The molecule has 3 aromatic carbocycles. The third-order valence-electron chi connectivity index (χ3n) is 5.77. The van der Waals surface area contributed by atoms with Crippen LogP contribution in [0.3, 0.4) is 0 Å². The maximum absolute atomic E-state index is 12.8. The minimum absolute atomic E-state index is 0.116. The van der Waals surface area contributed by atoms with E-state index in [1.807, 2.05) is 32.0 Å². The number of carbonyl (C=O) groups excluding carboxylic acids is 3. The summed E-state index contributed by atoms with van der Waals surface area (Å²) in [6.07, 6.45) is 1.62. The summed E-state index contributed by atoms with van der Waals surface area (Å²) in [5.41, 5.74) is 3.44. The van der Waals surface area contributed by atoms with Crippen LogP contribution in [0.5, 0.6) is 17.2 Å². The summed E-state index contributed by atoms with van der Waals surface area (Å²) < 4.78 is 16.7. The largest absolute Gasteiger partial charge is 0.493 e. The first-order chi connectivity index (χ1) is 18.7. The molecule has 1 aliphatic heterocycles. The molecule has 0 unspecified atom stereocenters. The number of carbonyl (C=O) groups is 3. The lowest BCUT2D eigenvalue weighted by Crippen LogP contribution is -2.32. The van der Waals surface area contributed by atoms with Crippen molar-refractivity contribution in [2.24, 2.45) is 0 Å². The topological polar surface area (TPSA) is 94.2 Å². The van der Waals surface area contributed by atoms with E-state index >= 15 is 0 Å². The molecule has 0 atom stereocenters. The SMILES string of the molecule is COc1cc(/C=C2\SC(=O)N(CCOc3ccc(Cl)cc3)C2=O)ccc1OCC(=O)Nc1ccc(C)cc1C. The summed E-state index contributed by atoms with van der Waals surface area (Å²) in [6, 6.07) is 17.6. The second kappa shape index (κ2) is 12.7. The van der Waals surface area contributed by atoms with Crippen LogP contribution in [0.15, 0.2) is 65.6 Å². The summed E-state index contributed by atoms with van der Waals surface area (Å²) in [5.74, 6) is 0.657. The number of ether oxygens (including phenoxy) is 3. The number of amides is 3. The smallest absolute Gasteiger partial charge is 0.293 e. The molecule has 3 amide bonds. The Hall–Kier alpha value is -3.95. The minimum Gasteiger partial charge on any atom is -0.493 e. The van der Waals surface area contributed by atoms with Crippen molar-refractivity contribution in [3.05, 3.63) is 87.3 Å². The number of rotatable bonds is 10. The van der Waals surface area contributed by atoms with Crippen LogP contribution >= 0.6 is 23.4 Å². The van der Waals surface area contributed by atoms with Gasteiger partial charge in [0.1, 0.15) is 12.4 Å². The molecule has 1 aliphatic rings. The molecule has 0 aromatic heterocycles. The number of benzene rings is 3. The Morgan fingerprint density at radius 2 is 1.77 bits per heavy atom. The van der Waals surface area contributed by atoms with Crippen molar-refractivity contribution in [3.8, 4) is 17.2 Å². The van der Waals surface area contributed by atoms with Crippen molar-refractivity contribution in [2.75, 3.05) is 32.2 Å². The lowest BCUT2D eigenvalue weighted by molar-refractivity contribution is -0.123. The molecule has 1 N–H and O–H groups in total. The summed E-state index contributed by atoms with van der Waals surface area (Å²) in [4.78, 5) is 39.1. The zero-order valence-corrected chi connectivity index (χ0v) is 23.2. The molecule has 1 fully saturated rings. The van der Waals surface area contributed by atoms with E-state index in [1.165, 1.54) is 7.11 Å². The van der Waals surface area contributed by atoms with Crippen molar-refractivity contribution in [2.45, 2.75) is 13.8 Å². The van der Waals surface area contributed by atoms with Crippen LogP contribution in [0.4, 0.5) is 10.5 Å². The first-order valence-electron chi connectivity index (χ1n) is 12.0. The third-order valence-corrected chi connectivity index (χ3v) is 6.93. The predicted octanol–water partition coefficient (Wildman–Crippen LogP) is 6.10. The van der Waals surface area contributed by atoms with Crippen LogP contribution < -0.4 is 19.5 Å². The molecule has 0 aliphatic carbocycles. The number of aryl methyl sites for hydroxylation is 2. The second-order valence-corrected chi connectivity index (χ2v) is 10.1. The Bertz CT molecular complexity index is 1420. The molecule has 10 heteroatoms. The Morgan fingerprint density at radius 1 is 1.00 bits per heavy atom. The highest BCUT2D eigenvalue weighted by Crippen LogP contribution is 2.34. The molecular formula is C29H27ClN2O6S. The normalized spacial score (nSPS) is 14.1. The summed E-state index contributed by atoms with van der Waals surface area (Å²) >= 11 is 6.73. The van der Waals surface area contributed by atoms with Gasteiger partial charge in [0, 0.05) is 10.7 Å². The average molecular weight is 567 g/mol. The number of nitrogens with one attached hydrogen (secondary N) is 1. The van der Waals surface area contributed by atoms with E-state index < -0.39 is 5.91 Å². The Labute approximate surface area is 235 Å². The van der Waals surface area contributed by atoms with Crippen LogP contribution in [0.25, 0.3) is 6.08 Å². The maximum Gasteiger partial charge on any atom is 0.293 e. The number of nitrogens with zero attached hydrogens (tertiary/aromatic N) is 1. The van der Waals surface area contributed by atoms with Gasteiger partial charge in [0.2, 0.25) is 0 Å². The molecule has 1 saturated heterocycles. The lowest BCUT2D eigenvalue weighted by Gasteiger charge is -2.13. The van der Waals surface area contributed by atoms with Crippen molar-refractivity contribution >= 4 is 52.2 Å². The second-order valence-electron chi connectivity index (χ2n) is 8.70. The monoisotopic (exact) mass is 566 g/mol. The van der Waals surface area contributed by atoms with Gasteiger partial charge in [0.15, 0.2) is 18.1 Å². The fraction of sp³-hybridized carbons (Fsp3) is 0.207. The fourth-order valence-corrected chi connectivity index (χ4v) is 4.80. The van der Waals surface area contributed by atoms with Crippen LogP contribution in [-0.4, -0.2) is 48.8 Å². The van der Waals surface area contributed by atoms with Gasteiger partial charge in [-0.05, 0) is 85.3 Å². The average Bonchev–Trinajstić information content (AvgIpc) is 3.17. The first-order valence-corrected chi connectivity index (χ1v) is 13.2. The molecule has 1 heterocycles. The lowest BCUT2D eigenvalue weighted by atomic mass is 10.1. The van der Waals surface area contributed by atoms with Gasteiger partial charge in [0.05, 0.1) is 18.6 Å². The molecule has 4 rings (SSSR count). The molecule has 0 bridgehead atoms. The van der Waals surface area contributed by atoms with Gasteiger partial charge in [-0.15, -0.1) is 0 Å². The molecule has 3 aromatic rings. The quantitative estimate of drug-likeness (QED) is 0.296. The summed E-state index contributed by atoms with van der Waals surface area (Å²) in [5, 5.41) is 3.06. The van der Waals surface area contributed by atoms with E-state index in [1.54, 1.807) is 48.5 Å².